The van der Waals surface area contributed by atoms with Crippen LogP contribution in [-0.4, -0.2) is 21.0 Å². The summed E-state index contributed by atoms with van der Waals surface area (Å²) in [4.78, 5) is 18.7. The first kappa shape index (κ1) is 12.9. The molecule has 0 fully saturated rings. The van der Waals surface area contributed by atoms with Crippen LogP contribution in [0.25, 0.3) is 0 Å². The molecule has 6 heteroatoms. The van der Waals surface area contributed by atoms with Gasteiger partial charge < -0.3 is 9.84 Å². The zero-order chi connectivity index (χ0) is 13.8. The lowest BCUT2D eigenvalue weighted by Gasteiger charge is -2.14. The normalized spacial score (nSPS) is 11.9. The van der Waals surface area contributed by atoms with E-state index in [1.54, 1.807) is 31.3 Å². The number of aromatic carboxylic acids is 1. The average Bonchev–Trinajstić information content (AvgIpc) is 2.41. The van der Waals surface area contributed by atoms with Crippen molar-refractivity contribution in [3.05, 3.63) is 53.7 Å². The minimum absolute atomic E-state index is 0.132. The highest BCUT2D eigenvalue weighted by molar-refractivity contribution is 5.90. The second-order valence-corrected chi connectivity index (χ2v) is 3.83. The lowest BCUT2D eigenvalue weighted by atomic mass is 10.2. The Labute approximate surface area is 108 Å². The van der Waals surface area contributed by atoms with Crippen LogP contribution >= 0.6 is 0 Å². The van der Waals surface area contributed by atoms with Crippen LogP contribution in [0.3, 0.4) is 0 Å². The van der Waals surface area contributed by atoms with Crippen LogP contribution < -0.4 is 4.74 Å². The molecule has 0 aliphatic rings. The number of hydrogen-bond donors (Lipinski definition) is 1. The number of carbonyl (C=O) groups is 1. The lowest BCUT2D eigenvalue weighted by molar-refractivity contribution is 0.0687. The van der Waals surface area contributed by atoms with Gasteiger partial charge in [0.1, 0.15) is 17.5 Å². The van der Waals surface area contributed by atoms with E-state index in [1.807, 2.05) is 0 Å². The summed E-state index contributed by atoms with van der Waals surface area (Å²) in [6, 6.07) is 6.16. The highest BCUT2D eigenvalue weighted by atomic mass is 19.1. The number of rotatable bonds is 4. The Morgan fingerprint density at radius 1 is 1.42 bits per heavy atom. The third kappa shape index (κ3) is 3.04. The van der Waals surface area contributed by atoms with Gasteiger partial charge >= 0.3 is 5.97 Å². The fourth-order valence-corrected chi connectivity index (χ4v) is 1.52. The van der Waals surface area contributed by atoms with Crippen molar-refractivity contribution in [2.24, 2.45) is 0 Å². The van der Waals surface area contributed by atoms with Crippen LogP contribution in [0, 0.1) is 5.82 Å². The Balaban J connectivity index is 2.26. The molecule has 19 heavy (non-hydrogen) atoms. The first-order valence-electron chi connectivity index (χ1n) is 5.54. The maximum Gasteiger partial charge on any atom is 0.341 e. The smallest absolute Gasteiger partial charge is 0.341 e. The minimum atomic E-state index is -1.30. The Kier molecular flexibility index (Phi) is 3.70. The summed E-state index contributed by atoms with van der Waals surface area (Å²) in [5, 5.41) is 8.97. The van der Waals surface area contributed by atoms with E-state index in [-0.39, 0.29) is 11.4 Å². The van der Waals surface area contributed by atoms with E-state index in [9.17, 15) is 9.18 Å². The molecule has 2 aromatic rings. The number of pyridine rings is 2. The molecule has 0 aliphatic heterocycles. The summed E-state index contributed by atoms with van der Waals surface area (Å²) in [7, 11) is 0. The molecule has 5 nitrogen and oxygen atoms in total. The maximum absolute atomic E-state index is 13.0. The molecule has 2 heterocycles. The molecular formula is C13H11FN2O3. The van der Waals surface area contributed by atoms with Crippen molar-refractivity contribution >= 4 is 5.97 Å². The summed E-state index contributed by atoms with van der Waals surface area (Å²) in [6.07, 6.45) is 2.02. The van der Waals surface area contributed by atoms with Gasteiger partial charge in [-0.1, -0.05) is 6.07 Å². The van der Waals surface area contributed by atoms with Crippen LogP contribution in [0.2, 0.25) is 0 Å². The van der Waals surface area contributed by atoms with Gasteiger partial charge in [-0.2, -0.15) is 0 Å². The summed E-state index contributed by atoms with van der Waals surface area (Å²) in [5.74, 6) is -2.16. The second-order valence-electron chi connectivity index (χ2n) is 3.83. The Morgan fingerprint density at radius 3 is 2.84 bits per heavy atom. The number of hydrogen-bond acceptors (Lipinski definition) is 4. The molecule has 1 atom stereocenters. The minimum Gasteiger partial charge on any atom is -0.477 e. The van der Waals surface area contributed by atoms with Crippen LogP contribution in [0.5, 0.6) is 5.88 Å². The van der Waals surface area contributed by atoms with Crippen LogP contribution in [-0.2, 0) is 0 Å². The number of halogens is 1. The largest absolute Gasteiger partial charge is 0.477 e. The first-order chi connectivity index (χ1) is 9.08. The molecule has 0 radical (unpaired) electrons. The quantitative estimate of drug-likeness (QED) is 0.916. The van der Waals surface area contributed by atoms with Crippen molar-refractivity contribution in [2.75, 3.05) is 0 Å². The number of carboxylic acid groups (broad SMARTS) is 1. The predicted octanol–water partition coefficient (Wildman–Crippen LogP) is 2.45. The van der Waals surface area contributed by atoms with E-state index in [2.05, 4.69) is 9.97 Å². The maximum atomic E-state index is 13.0. The second kappa shape index (κ2) is 5.43. The summed E-state index contributed by atoms with van der Waals surface area (Å²) in [5.41, 5.74) is 0.313. The zero-order valence-corrected chi connectivity index (χ0v) is 10.1. The van der Waals surface area contributed by atoms with Crippen molar-refractivity contribution in [3.8, 4) is 5.88 Å². The van der Waals surface area contributed by atoms with Crippen LogP contribution in [0.1, 0.15) is 29.1 Å². The molecule has 0 saturated heterocycles. The summed E-state index contributed by atoms with van der Waals surface area (Å²) >= 11 is 0. The van der Waals surface area contributed by atoms with E-state index in [0.29, 0.717) is 5.69 Å². The fourth-order valence-electron chi connectivity index (χ4n) is 1.52. The average molecular weight is 262 g/mol. The van der Waals surface area contributed by atoms with Gasteiger partial charge in [-0.25, -0.2) is 14.2 Å². The topological polar surface area (TPSA) is 72.3 Å². The molecule has 0 spiro atoms. The first-order valence-corrected chi connectivity index (χ1v) is 5.54. The van der Waals surface area contributed by atoms with Crippen molar-refractivity contribution < 1.29 is 19.0 Å². The van der Waals surface area contributed by atoms with Gasteiger partial charge in [-0.15, -0.1) is 0 Å². The molecule has 0 amide bonds. The van der Waals surface area contributed by atoms with Crippen molar-refractivity contribution in [1.29, 1.82) is 0 Å². The predicted molar refractivity (Wildman–Crippen MR) is 64.4 cm³/mol. The highest BCUT2D eigenvalue weighted by Gasteiger charge is 2.17. The van der Waals surface area contributed by atoms with Gasteiger partial charge in [0.25, 0.3) is 0 Å². The molecule has 1 unspecified atom stereocenters. The van der Waals surface area contributed by atoms with E-state index in [4.69, 9.17) is 9.84 Å². The van der Waals surface area contributed by atoms with Gasteiger partial charge in [0.15, 0.2) is 0 Å². The molecule has 0 saturated carbocycles. The molecule has 2 aromatic heterocycles. The Bertz CT molecular complexity index is 590. The van der Waals surface area contributed by atoms with E-state index >= 15 is 0 Å². The summed E-state index contributed by atoms with van der Waals surface area (Å²) < 4.78 is 18.4. The number of ether oxygens (including phenoxy) is 1. The van der Waals surface area contributed by atoms with Crippen molar-refractivity contribution in [1.82, 2.24) is 9.97 Å². The number of carboxylic acids is 1. The van der Waals surface area contributed by atoms with Gasteiger partial charge in [-0.05, 0) is 25.1 Å². The molecule has 1 N–H and O–H groups in total. The van der Waals surface area contributed by atoms with Gasteiger partial charge in [0.2, 0.25) is 5.88 Å². The molecule has 2 rings (SSSR count). The van der Waals surface area contributed by atoms with E-state index in [0.717, 1.165) is 12.3 Å². The summed E-state index contributed by atoms with van der Waals surface area (Å²) in [6.45, 7) is 1.71. The van der Waals surface area contributed by atoms with Gasteiger partial charge in [-0.3, -0.25) is 4.98 Å². The fraction of sp³-hybridized carbons (Fsp3) is 0.154. The molecule has 98 valence electrons. The number of nitrogens with zero attached hydrogens (tertiary/aromatic N) is 2. The monoisotopic (exact) mass is 262 g/mol. The molecular weight excluding hydrogens is 251 g/mol. The van der Waals surface area contributed by atoms with Crippen LogP contribution in [0.15, 0.2) is 36.7 Å². The third-order valence-corrected chi connectivity index (χ3v) is 2.44. The lowest BCUT2D eigenvalue weighted by Crippen LogP contribution is -2.10. The van der Waals surface area contributed by atoms with E-state index in [1.165, 1.54) is 0 Å². The molecule has 0 bridgehead atoms. The molecule has 0 aromatic carbocycles. The van der Waals surface area contributed by atoms with E-state index < -0.39 is 17.9 Å². The molecule has 0 aliphatic carbocycles. The van der Waals surface area contributed by atoms with Gasteiger partial charge in [0.05, 0.1) is 11.9 Å². The van der Waals surface area contributed by atoms with Crippen LogP contribution in [0.4, 0.5) is 4.39 Å². The third-order valence-electron chi connectivity index (χ3n) is 2.44. The van der Waals surface area contributed by atoms with Crippen molar-refractivity contribution in [2.45, 2.75) is 13.0 Å². The zero-order valence-electron chi connectivity index (χ0n) is 10.1. The van der Waals surface area contributed by atoms with Crippen molar-refractivity contribution in [3.63, 3.8) is 0 Å². The number of aromatic nitrogens is 2. The highest BCUT2D eigenvalue weighted by Crippen LogP contribution is 2.22. The van der Waals surface area contributed by atoms with Gasteiger partial charge in [0, 0.05) is 6.20 Å². The Morgan fingerprint density at radius 2 is 2.21 bits per heavy atom. The standard InChI is InChI=1S/C13H11FN2O3/c1-8(11-4-2-3-5-15-11)19-12-10(13(17)18)6-9(14)7-16-12/h2-8H,1H3,(H,17,18). The Hall–Kier alpha value is -2.50. The SMILES string of the molecule is CC(Oc1ncc(F)cc1C(=O)O)c1ccccn1.